The van der Waals surface area contributed by atoms with Crippen LogP contribution >= 0.6 is 0 Å². The molecule has 3 heteroatoms. The van der Waals surface area contributed by atoms with Crippen LogP contribution in [0.1, 0.15) is 46.0 Å². The van der Waals surface area contributed by atoms with Crippen molar-refractivity contribution in [3.63, 3.8) is 0 Å². The van der Waals surface area contributed by atoms with E-state index in [-0.39, 0.29) is 11.9 Å². The molecule has 1 aliphatic rings. The number of rotatable bonds is 6. The number of carbonyl (C=O) groups is 1. The normalized spacial score (nSPS) is 23.5. The minimum Gasteiger partial charge on any atom is -0.336 e. The number of hydrogen-bond acceptors (Lipinski definition) is 2. The summed E-state index contributed by atoms with van der Waals surface area (Å²) in [4.78, 5) is 13.2. The minimum absolute atomic E-state index is 0.132. The van der Waals surface area contributed by atoms with Crippen LogP contribution in [0.3, 0.4) is 0 Å². The lowest BCUT2D eigenvalue weighted by Gasteiger charge is -2.40. The van der Waals surface area contributed by atoms with Crippen LogP contribution in [0, 0.1) is 0 Å². The molecule has 0 aliphatic carbocycles. The van der Waals surface area contributed by atoms with Gasteiger partial charge < -0.3 is 10.6 Å². The molecule has 0 spiro atoms. The van der Waals surface area contributed by atoms with Crippen molar-refractivity contribution < 1.29 is 4.79 Å². The fraction of sp³-hybridized carbons (Fsp3) is 0.909. The van der Waals surface area contributed by atoms with Crippen molar-refractivity contribution >= 4 is 5.91 Å². The molecule has 1 amide bonds. The van der Waals surface area contributed by atoms with Gasteiger partial charge in [0.15, 0.2) is 0 Å². The molecule has 1 rings (SSSR count). The Morgan fingerprint density at radius 3 is 2.71 bits per heavy atom. The van der Waals surface area contributed by atoms with Crippen molar-refractivity contribution in [2.75, 3.05) is 6.54 Å². The average molecular weight is 198 g/mol. The first-order valence-corrected chi connectivity index (χ1v) is 5.73. The molecular weight excluding hydrogens is 176 g/mol. The van der Waals surface area contributed by atoms with Crippen LogP contribution < -0.4 is 5.73 Å². The maximum atomic E-state index is 11.3. The summed E-state index contributed by atoms with van der Waals surface area (Å²) in [6.07, 6.45) is 6.21. The second-order valence-electron chi connectivity index (χ2n) is 4.30. The molecule has 2 atom stereocenters. The molecule has 0 aromatic rings. The zero-order valence-corrected chi connectivity index (χ0v) is 9.33. The van der Waals surface area contributed by atoms with E-state index in [1.54, 1.807) is 0 Å². The van der Waals surface area contributed by atoms with Gasteiger partial charge in [-0.3, -0.25) is 4.79 Å². The molecule has 82 valence electrons. The van der Waals surface area contributed by atoms with E-state index in [1.165, 1.54) is 25.7 Å². The van der Waals surface area contributed by atoms with Gasteiger partial charge in [-0.25, -0.2) is 0 Å². The van der Waals surface area contributed by atoms with E-state index in [0.29, 0.717) is 6.04 Å². The zero-order valence-electron chi connectivity index (χ0n) is 9.33. The highest BCUT2D eigenvalue weighted by Crippen LogP contribution is 2.17. The molecule has 0 radical (unpaired) electrons. The lowest BCUT2D eigenvalue weighted by molar-refractivity contribution is -0.145. The smallest absolute Gasteiger partial charge is 0.241 e. The molecular formula is C11H22N2O. The molecule has 0 saturated carbocycles. The number of unbranched alkanes of at least 4 members (excludes halogenated alkanes) is 3. The number of hydrogen-bond donors (Lipinski definition) is 1. The van der Waals surface area contributed by atoms with Crippen LogP contribution in [0.25, 0.3) is 0 Å². The van der Waals surface area contributed by atoms with Gasteiger partial charge >= 0.3 is 0 Å². The molecule has 2 N–H and O–H groups in total. The van der Waals surface area contributed by atoms with Crippen LogP contribution in [0.2, 0.25) is 0 Å². The van der Waals surface area contributed by atoms with Crippen LogP contribution in [0.5, 0.6) is 0 Å². The number of amides is 1. The predicted octanol–water partition coefficient (Wildman–Crippen LogP) is 1.51. The minimum atomic E-state index is -0.215. The van der Waals surface area contributed by atoms with Gasteiger partial charge in [0.05, 0.1) is 0 Å². The summed E-state index contributed by atoms with van der Waals surface area (Å²) in [5.41, 5.74) is 5.54. The quantitative estimate of drug-likeness (QED) is 0.519. The Bertz CT molecular complexity index is 194. The summed E-state index contributed by atoms with van der Waals surface area (Å²) in [5.74, 6) is 0.132. The lowest BCUT2D eigenvalue weighted by atomic mass is 10.0. The topological polar surface area (TPSA) is 46.3 Å². The summed E-state index contributed by atoms with van der Waals surface area (Å²) in [6.45, 7) is 5.09. The first kappa shape index (κ1) is 11.5. The molecule has 0 aromatic heterocycles. The summed E-state index contributed by atoms with van der Waals surface area (Å²) < 4.78 is 0. The van der Waals surface area contributed by atoms with Crippen molar-refractivity contribution in [3.05, 3.63) is 0 Å². The molecule has 3 nitrogen and oxygen atoms in total. The molecule has 0 bridgehead atoms. The van der Waals surface area contributed by atoms with Gasteiger partial charge in [0.25, 0.3) is 0 Å². The van der Waals surface area contributed by atoms with Gasteiger partial charge in [-0.2, -0.15) is 0 Å². The van der Waals surface area contributed by atoms with E-state index >= 15 is 0 Å². The summed E-state index contributed by atoms with van der Waals surface area (Å²) >= 11 is 0. The maximum Gasteiger partial charge on any atom is 0.241 e. The SMILES string of the molecule is CCCCCCC(C)N1CC(N)C1=O. The standard InChI is InChI=1S/C11H22N2O/c1-3-4-5-6-7-9(2)13-8-10(12)11(13)14/h9-10H,3-8,12H2,1-2H3. The summed E-state index contributed by atoms with van der Waals surface area (Å²) in [7, 11) is 0. The monoisotopic (exact) mass is 198 g/mol. The first-order chi connectivity index (χ1) is 6.66. The highest BCUT2D eigenvalue weighted by atomic mass is 16.2. The van der Waals surface area contributed by atoms with Crippen LogP contribution in [-0.4, -0.2) is 29.4 Å². The Hall–Kier alpha value is -0.570. The average Bonchev–Trinajstić information content (AvgIpc) is 2.20. The van der Waals surface area contributed by atoms with Crippen LogP contribution in [0.4, 0.5) is 0 Å². The zero-order chi connectivity index (χ0) is 10.6. The van der Waals surface area contributed by atoms with E-state index in [2.05, 4.69) is 13.8 Å². The van der Waals surface area contributed by atoms with E-state index in [9.17, 15) is 4.79 Å². The molecule has 1 saturated heterocycles. The van der Waals surface area contributed by atoms with E-state index in [4.69, 9.17) is 5.73 Å². The fourth-order valence-corrected chi connectivity index (χ4v) is 1.90. The highest BCUT2D eigenvalue weighted by molar-refractivity contribution is 5.87. The third-order valence-corrected chi connectivity index (χ3v) is 3.00. The number of carbonyl (C=O) groups excluding carboxylic acids is 1. The van der Waals surface area contributed by atoms with Crippen molar-refractivity contribution in [2.45, 2.75) is 58.0 Å². The van der Waals surface area contributed by atoms with Crippen molar-refractivity contribution in [1.29, 1.82) is 0 Å². The third kappa shape index (κ3) is 2.71. The van der Waals surface area contributed by atoms with E-state index in [1.807, 2.05) is 4.90 Å². The third-order valence-electron chi connectivity index (χ3n) is 3.00. The van der Waals surface area contributed by atoms with E-state index < -0.39 is 0 Å². The van der Waals surface area contributed by atoms with E-state index in [0.717, 1.165) is 13.0 Å². The molecule has 1 fully saturated rings. The largest absolute Gasteiger partial charge is 0.336 e. The van der Waals surface area contributed by atoms with Gasteiger partial charge in [-0.05, 0) is 13.3 Å². The van der Waals surface area contributed by atoms with Crippen LogP contribution in [0.15, 0.2) is 0 Å². The first-order valence-electron chi connectivity index (χ1n) is 5.73. The van der Waals surface area contributed by atoms with Crippen molar-refractivity contribution in [1.82, 2.24) is 4.90 Å². The molecule has 0 aromatic carbocycles. The van der Waals surface area contributed by atoms with Gasteiger partial charge in [-0.1, -0.05) is 32.6 Å². The number of β-lactam (4-membered cyclic amide) rings is 1. The maximum absolute atomic E-state index is 11.3. The van der Waals surface area contributed by atoms with Gasteiger partial charge in [-0.15, -0.1) is 0 Å². The van der Waals surface area contributed by atoms with Gasteiger partial charge in [0, 0.05) is 12.6 Å². The van der Waals surface area contributed by atoms with Gasteiger partial charge in [0.1, 0.15) is 6.04 Å². The number of nitrogens with two attached hydrogens (primary N) is 1. The van der Waals surface area contributed by atoms with Crippen molar-refractivity contribution in [2.24, 2.45) is 5.73 Å². The number of nitrogens with zero attached hydrogens (tertiary/aromatic N) is 1. The molecule has 1 aliphatic heterocycles. The predicted molar refractivity (Wildman–Crippen MR) is 57.9 cm³/mol. The second-order valence-corrected chi connectivity index (χ2v) is 4.30. The summed E-state index contributed by atoms with van der Waals surface area (Å²) in [6, 6.07) is 0.173. The highest BCUT2D eigenvalue weighted by Gasteiger charge is 2.35. The van der Waals surface area contributed by atoms with Crippen LogP contribution in [-0.2, 0) is 4.79 Å². The molecule has 1 heterocycles. The number of likely N-dealkylation sites (tertiary alicyclic amines) is 1. The van der Waals surface area contributed by atoms with Crippen molar-refractivity contribution in [3.8, 4) is 0 Å². The molecule has 2 unspecified atom stereocenters. The summed E-state index contributed by atoms with van der Waals surface area (Å²) in [5, 5.41) is 0. The Labute approximate surface area is 86.6 Å². The van der Waals surface area contributed by atoms with Gasteiger partial charge in [0.2, 0.25) is 5.91 Å². The Kier molecular flexibility index (Phi) is 4.39. The lowest BCUT2D eigenvalue weighted by Crippen LogP contribution is -2.63. The second kappa shape index (κ2) is 5.35. The Morgan fingerprint density at radius 1 is 1.50 bits per heavy atom. The molecule has 14 heavy (non-hydrogen) atoms. The Balaban J connectivity index is 2.10. The Morgan fingerprint density at radius 2 is 2.21 bits per heavy atom. The fourth-order valence-electron chi connectivity index (χ4n) is 1.90.